The number of anilines is 2. The van der Waals surface area contributed by atoms with E-state index in [1.807, 2.05) is 66.9 Å². The molecule has 2 N–H and O–H groups in total. The fourth-order valence-electron chi connectivity index (χ4n) is 3.06. The largest absolute Gasteiger partial charge is 0.497 e. The average molecular weight is 477 g/mol. The van der Waals surface area contributed by atoms with Crippen molar-refractivity contribution in [3.05, 3.63) is 93.8 Å². The SMILES string of the molecule is COc1ccc(/C=N\NC(=O)c2ccc(-c3csc(Nc4ccc(Cl)cc4)n3)cc2)c(C)c1. The third-order valence-electron chi connectivity index (χ3n) is 4.89. The van der Waals surface area contributed by atoms with E-state index in [1.165, 1.54) is 11.3 Å². The highest BCUT2D eigenvalue weighted by molar-refractivity contribution is 7.14. The first-order valence-corrected chi connectivity index (χ1v) is 11.3. The van der Waals surface area contributed by atoms with Crippen LogP contribution in [0.25, 0.3) is 11.3 Å². The minimum absolute atomic E-state index is 0.285. The molecule has 4 rings (SSSR count). The fraction of sp³-hybridized carbons (Fsp3) is 0.0800. The first-order chi connectivity index (χ1) is 16.0. The third-order valence-corrected chi connectivity index (χ3v) is 5.90. The van der Waals surface area contributed by atoms with Crippen molar-refractivity contribution in [3.63, 3.8) is 0 Å². The Kier molecular flexibility index (Phi) is 7.02. The summed E-state index contributed by atoms with van der Waals surface area (Å²) in [4.78, 5) is 17.0. The van der Waals surface area contributed by atoms with Crippen LogP contribution in [-0.2, 0) is 0 Å². The molecule has 0 atom stereocenters. The molecule has 166 valence electrons. The Morgan fingerprint density at radius 3 is 2.55 bits per heavy atom. The lowest BCUT2D eigenvalue weighted by Crippen LogP contribution is -2.17. The predicted octanol–water partition coefficient (Wildman–Crippen LogP) is 6.29. The Morgan fingerprint density at radius 1 is 1.09 bits per heavy atom. The minimum atomic E-state index is -0.285. The number of rotatable bonds is 7. The number of hydrazone groups is 1. The standard InChI is InChI=1S/C25H21ClN4O2S/c1-16-13-22(32-2)12-7-19(16)14-27-30-24(31)18-5-3-17(4-6-18)23-15-33-25(29-23)28-21-10-8-20(26)9-11-21/h3-15H,1-2H3,(H,28,29)(H,30,31)/b27-14-. The molecule has 1 heterocycles. The van der Waals surface area contributed by atoms with E-state index in [9.17, 15) is 4.79 Å². The van der Waals surface area contributed by atoms with Crippen molar-refractivity contribution in [1.29, 1.82) is 0 Å². The van der Waals surface area contributed by atoms with E-state index in [0.29, 0.717) is 10.6 Å². The number of hydrogen-bond acceptors (Lipinski definition) is 6. The molecule has 4 aromatic rings. The van der Waals surface area contributed by atoms with E-state index < -0.39 is 0 Å². The molecule has 6 nitrogen and oxygen atoms in total. The van der Waals surface area contributed by atoms with Gasteiger partial charge >= 0.3 is 0 Å². The van der Waals surface area contributed by atoms with Gasteiger partial charge in [0, 0.05) is 27.2 Å². The molecular formula is C25H21ClN4O2S. The Hall–Kier alpha value is -3.68. The van der Waals surface area contributed by atoms with Crippen LogP contribution in [0.15, 0.2) is 77.2 Å². The van der Waals surface area contributed by atoms with Crippen LogP contribution in [0.2, 0.25) is 5.02 Å². The van der Waals surface area contributed by atoms with E-state index in [2.05, 4.69) is 20.8 Å². The maximum absolute atomic E-state index is 12.4. The van der Waals surface area contributed by atoms with E-state index in [4.69, 9.17) is 16.3 Å². The van der Waals surface area contributed by atoms with Crippen LogP contribution in [0, 0.1) is 6.92 Å². The van der Waals surface area contributed by atoms with Gasteiger partial charge in [-0.25, -0.2) is 10.4 Å². The number of aromatic nitrogens is 1. The zero-order chi connectivity index (χ0) is 23.2. The molecule has 8 heteroatoms. The van der Waals surface area contributed by atoms with Crippen LogP contribution >= 0.6 is 22.9 Å². The van der Waals surface area contributed by atoms with Gasteiger partial charge in [-0.2, -0.15) is 5.10 Å². The highest BCUT2D eigenvalue weighted by atomic mass is 35.5. The van der Waals surface area contributed by atoms with Gasteiger partial charge in [-0.1, -0.05) is 23.7 Å². The van der Waals surface area contributed by atoms with Crippen LogP contribution < -0.4 is 15.5 Å². The van der Waals surface area contributed by atoms with Gasteiger partial charge in [0.25, 0.3) is 5.91 Å². The number of amides is 1. The van der Waals surface area contributed by atoms with E-state index >= 15 is 0 Å². The molecule has 0 bridgehead atoms. The second kappa shape index (κ2) is 10.3. The molecule has 0 saturated carbocycles. The van der Waals surface area contributed by atoms with Crippen LogP contribution in [0.4, 0.5) is 10.8 Å². The molecular weight excluding hydrogens is 456 g/mol. The molecule has 0 fully saturated rings. The van der Waals surface area contributed by atoms with E-state index in [1.54, 1.807) is 25.5 Å². The number of carbonyl (C=O) groups excluding carboxylic acids is 1. The Bertz CT molecular complexity index is 1280. The van der Waals surface area contributed by atoms with Crippen LogP contribution in [0.1, 0.15) is 21.5 Å². The smallest absolute Gasteiger partial charge is 0.271 e. The van der Waals surface area contributed by atoms with Gasteiger partial charge < -0.3 is 10.1 Å². The number of thiazole rings is 1. The van der Waals surface area contributed by atoms with Crippen molar-refractivity contribution in [2.24, 2.45) is 5.10 Å². The normalized spacial score (nSPS) is 10.9. The van der Waals surface area contributed by atoms with Crippen LogP contribution in [0.3, 0.4) is 0 Å². The molecule has 33 heavy (non-hydrogen) atoms. The number of halogens is 1. The van der Waals surface area contributed by atoms with Gasteiger partial charge in [0.15, 0.2) is 5.13 Å². The second-order valence-corrected chi connectivity index (χ2v) is 8.46. The summed E-state index contributed by atoms with van der Waals surface area (Å²) in [5, 5.41) is 10.8. The van der Waals surface area contributed by atoms with Gasteiger partial charge in [-0.3, -0.25) is 4.79 Å². The van der Waals surface area contributed by atoms with Gasteiger partial charge in [-0.15, -0.1) is 11.3 Å². The topological polar surface area (TPSA) is 75.6 Å². The summed E-state index contributed by atoms with van der Waals surface area (Å²) in [6.07, 6.45) is 1.62. The number of benzene rings is 3. The third kappa shape index (κ3) is 5.77. The molecule has 1 aromatic heterocycles. The molecule has 0 radical (unpaired) electrons. The maximum Gasteiger partial charge on any atom is 0.271 e. The summed E-state index contributed by atoms with van der Waals surface area (Å²) < 4.78 is 5.20. The minimum Gasteiger partial charge on any atom is -0.497 e. The van der Waals surface area contributed by atoms with Crippen molar-refractivity contribution in [1.82, 2.24) is 10.4 Å². The van der Waals surface area contributed by atoms with Crippen molar-refractivity contribution in [2.45, 2.75) is 6.92 Å². The van der Waals surface area contributed by atoms with Crippen LogP contribution in [0.5, 0.6) is 5.75 Å². The van der Waals surface area contributed by atoms with Gasteiger partial charge in [0.05, 0.1) is 19.0 Å². The summed E-state index contributed by atoms with van der Waals surface area (Å²) in [5.41, 5.74) is 7.65. The lowest BCUT2D eigenvalue weighted by molar-refractivity contribution is 0.0955. The highest BCUT2D eigenvalue weighted by Crippen LogP contribution is 2.28. The fourth-order valence-corrected chi connectivity index (χ4v) is 3.92. The summed E-state index contributed by atoms with van der Waals surface area (Å²) in [6, 6.07) is 20.3. The van der Waals surface area contributed by atoms with Crippen molar-refractivity contribution >= 4 is 45.9 Å². The second-order valence-electron chi connectivity index (χ2n) is 7.17. The summed E-state index contributed by atoms with van der Waals surface area (Å²) in [6.45, 7) is 1.96. The maximum atomic E-state index is 12.4. The Labute approximate surface area is 200 Å². The Morgan fingerprint density at radius 2 is 1.85 bits per heavy atom. The quantitative estimate of drug-likeness (QED) is 0.243. The number of nitrogens with one attached hydrogen (secondary N) is 2. The van der Waals surface area contributed by atoms with Crippen molar-refractivity contribution in [3.8, 4) is 17.0 Å². The molecule has 3 aromatic carbocycles. The summed E-state index contributed by atoms with van der Waals surface area (Å²) >= 11 is 7.43. The van der Waals surface area contributed by atoms with E-state index in [-0.39, 0.29) is 5.91 Å². The lowest BCUT2D eigenvalue weighted by atomic mass is 10.1. The molecule has 1 amide bonds. The number of carbonyl (C=O) groups is 1. The van der Waals surface area contributed by atoms with E-state index in [0.717, 1.165) is 39.0 Å². The highest BCUT2D eigenvalue weighted by Gasteiger charge is 2.08. The monoisotopic (exact) mass is 476 g/mol. The molecule has 0 aliphatic rings. The number of nitrogens with zero attached hydrogens (tertiary/aromatic N) is 2. The Balaban J connectivity index is 1.37. The molecule has 0 unspecified atom stereocenters. The lowest BCUT2D eigenvalue weighted by Gasteiger charge is -2.04. The van der Waals surface area contributed by atoms with Gasteiger partial charge in [0.2, 0.25) is 0 Å². The summed E-state index contributed by atoms with van der Waals surface area (Å²) in [7, 11) is 1.62. The number of methoxy groups -OCH3 is 1. The molecule has 0 spiro atoms. The van der Waals surface area contributed by atoms with Gasteiger partial charge in [0.1, 0.15) is 5.75 Å². The zero-order valence-electron chi connectivity index (χ0n) is 18.0. The van der Waals surface area contributed by atoms with Crippen molar-refractivity contribution < 1.29 is 9.53 Å². The molecule has 0 aliphatic heterocycles. The molecule has 0 saturated heterocycles. The van der Waals surface area contributed by atoms with Crippen LogP contribution in [-0.4, -0.2) is 24.2 Å². The zero-order valence-corrected chi connectivity index (χ0v) is 19.6. The first kappa shape index (κ1) is 22.5. The van der Waals surface area contributed by atoms with Gasteiger partial charge in [-0.05, 0) is 72.6 Å². The number of aryl methyl sites for hydroxylation is 1. The average Bonchev–Trinajstić information content (AvgIpc) is 3.30. The number of ether oxygens (including phenoxy) is 1. The molecule has 0 aliphatic carbocycles. The van der Waals surface area contributed by atoms with Crippen molar-refractivity contribution in [2.75, 3.05) is 12.4 Å². The number of hydrogen-bond donors (Lipinski definition) is 2. The predicted molar refractivity (Wildman–Crippen MR) is 135 cm³/mol. The summed E-state index contributed by atoms with van der Waals surface area (Å²) in [5.74, 6) is 0.495. The first-order valence-electron chi connectivity index (χ1n) is 10.1.